The van der Waals surface area contributed by atoms with E-state index in [0.29, 0.717) is 25.7 Å². The third kappa shape index (κ3) is 24.7. The second-order valence-corrected chi connectivity index (χ2v) is 30.8. The van der Waals surface area contributed by atoms with Crippen LogP contribution in [0.5, 0.6) is 0 Å². The number of primary amides is 2. The smallest absolute Gasteiger partial charge is 0.309 e. The van der Waals surface area contributed by atoms with Gasteiger partial charge in [0.2, 0.25) is 29.5 Å². The van der Waals surface area contributed by atoms with E-state index in [9.17, 15) is 48.3 Å². The summed E-state index contributed by atoms with van der Waals surface area (Å²) in [5, 5.41) is 22.7. The molecule has 5 amide bonds. The Morgan fingerprint density at radius 1 is 0.440 bits per heavy atom. The second kappa shape index (κ2) is 38.7. The van der Waals surface area contributed by atoms with Crippen molar-refractivity contribution in [3.63, 3.8) is 0 Å². The first-order chi connectivity index (χ1) is 51.2. The number of carbonyl (C=O) groups is 9. The maximum absolute atomic E-state index is 12.6. The standard InChI is InChI=1S/C18H22N2O4.2C17H23N3O2.C17H23N3O.C16H21N3O/c1-11(21)20-15(16(22)9-18(2,3)17(23)24)8-12-10-19-14-7-5-4-6-13(12)14;1-17(2,16(22)19-3)9-15(21)13(18)8-11-10-20-14-7-5-4-6-12(11)14;1-17(2,16(19)22)15(21)8-7-12(18)9-11-10-20-14-6-4-3-5-13(11)14;1-17(2,16(21)19-3)9-8-13(18)10-12-11-20-15-7-5-4-6-14(12)15;1-16(2,15(18)20)8-7-12(17)9-11-10-19-14-6-4-3-5-13(11)14/h4-7,10,15,19H,8-9H2,1-3H3,(H,20,21)(H,23,24);4-7,10,13,20H,8-9,18H2,1-3H3,(H,19,22);3-6,10,12,20H,7-9,18H2,1-2H3,(H2,19,22);4-9,11,13,20H,10,18H2,1-3H3,(H,19,21);3-8,10,12,19H,9,17H2,1-2H3,(H2,18,20)/b;;;9-8+;8-7+/t15-;13-;12-;13-;12-/m11011/s1. The van der Waals surface area contributed by atoms with Gasteiger partial charge >= 0.3 is 5.97 Å². The first kappa shape index (κ1) is 86.9. The highest BCUT2D eigenvalue weighted by atomic mass is 16.4. The van der Waals surface area contributed by atoms with Gasteiger partial charge in [0.15, 0.2) is 11.6 Å². The highest BCUT2D eigenvalue weighted by Crippen LogP contribution is 2.29. The Labute approximate surface area is 637 Å². The predicted octanol–water partition coefficient (Wildman–Crippen LogP) is 10.4. The monoisotopic (exact) mass is 1490 g/mol. The minimum atomic E-state index is -1.17. The summed E-state index contributed by atoms with van der Waals surface area (Å²) < 4.78 is 0. The Balaban J connectivity index is 0.000000213. The van der Waals surface area contributed by atoms with Crippen molar-refractivity contribution < 1.29 is 48.3 Å². The van der Waals surface area contributed by atoms with Crippen LogP contribution >= 0.6 is 0 Å². The van der Waals surface area contributed by atoms with Crippen molar-refractivity contribution in [2.75, 3.05) is 14.1 Å². The van der Waals surface area contributed by atoms with Crippen LogP contribution in [0.25, 0.3) is 54.5 Å². The van der Waals surface area contributed by atoms with Crippen LogP contribution in [0.4, 0.5) is 0 Å². The van der Waals surface area contributed by atoms with Crippen molar-refractivity contribution in [3.8, 4) is 0 Å². The number of fused-ring (bicyclic) bond motifs is 5. The second-order valence-electron chi connectivity index (χ2n) is 30.8. The largest absolute Gasteiger partial charge is 0.481 e. The number of benzene rings is 5. The predicted molar refractivity (Wildman–Crippen MR) is 434 cm³/mol. The van der Waals surface area contributed by atoms with Crippen molar-refractivity contribution in [1.82, 2.24) is 40.9 Å². The molecule has 5 aromatic carbocycles. The fraction of sp³-hybridized carbons (Fsp3) is 0.376. The van der Waals surface area contributed by atoms with Crippen LogP contribution in [0.1, 0.15) is 130 Å². The molecule has 0 aliphatic heterocycles. The average Bonchev–Trinajstić information content (AvgIpc) is 1.70. The van der Waals surface area contributed by atoms with Crippen LogP contribution in [-0.4, -0.2) is 127 Å². The number of aromatic amines is 5. The molecule has 0 saturated carbocycles. The number of nitrogens with one attached hydrogen (secondary N) is 8. The zero-order valence-corrected chi connectivity index (χ0v) is 65.1. The van der Waals surface area contributed by atoms with Gasteiger partial charge in [-0.05, 0) is 146 Å². The van der Waals surface area contributed by atoms with Gasteiger partial charge < -0.3 is 80.4 Å². The van der Waals surface area contributed by atoms with Crippen LogP contribution in [0.2, 0.25) is 0 Å². The Morgan fingerprint density at radius 2 is 0.780 bits per heavy atom. The molecular formula is C85H112N14O10. The maximum Gasteiger partial charge on any atom is 0.309 e. The Bertz CT molecular complexity index is 4850. The molecule has 0 unspecified atom stereocenters. The van der Waals surface area contributed by atoms with Crippen molar-refractivity contribution in [2.45, 2.75) is 164 Å². The fourth-order valence-electron chi connectivity index (χ4n) is 12.2. The Hall–Kier alpha value is -11.1. The Kier molecular flexibility index (Phi) is 30.8. The molecule has 5 atom stereocenters. The van der Waals surface area contributed by atoms with Gasteiger partial charge in [-0.1, -0.05) is 129 Å². The third-order valence-corrected chi connectivity index (χ3v) is 19.5. The summed E-state index contributed by atoms with van der Waals surface area (Å²) in [6.45, 7) is 18.3. The van der Waals surface area contributed by atoms with E-state index >= 15 is 0 Å². The molecule has 24 nitrogen and oxygen atoms in total. The summed E-state index contributed by atoms with van der Waals surface area (Å²) in [6.07, 6.45) is 20.8. The number of hydrogen-bond donors (Lipinski definition) is 15. The van der Waals surface area contributed by atoms with Crippen LogP contribution in [0.15, 0.2) is 177 Å². The average molecular weight is 1490 g/mol. The first-order valence-corrected chi connectivity index (χ1v) is 36.5. The number of ketones is 3. The molecule has 5 heterocycles. The lowest BCUT2D eigenvalue weighted by atomic mass is 9.84. The van der Waals surface area contributed by atoms with E-state index in [2.05, 4.69) is 65.1 Å². The number of amides is 5. The highest BCUT2D eigenvalue weighted by molar-refractivity contribution is 6.04. The third-order valence-electron chi connectivity index (χ3n) is 19.5. The summed E-state index contributed by atoms with van der Waals surface area (Å²) in [6, 6.07) is 38.2. The van der Waals surface area contributed by atoms with E-state index in [0.717, 1.165) is 73.3 Å². The number of Topliss-reactive ketones (excluding diaryl/α,β-unsaturated/α-hetero) is 3. The number of para-hydroxylation sites is 5. The molecule has 109 heavy (non-hydrogen) atoms. The van der Waals surface area contributed by atoms with Crippen molar-refractivity contribution in [2.24, 2.45) is 61.5 Å². The summed E-state index contributed by atoms with van der Waals surface area (Å²) in [5.74, 6) is -3.02. The van der Waals surface area contributed by atoms with Crippen molar-refractivity contribution in [3.05, 3.63) is 204 Å². The van der Waals surface area contributed by atoms with Gasteiger partial charge in [-0.3, -0.25) is 43.2 Å². The Morgan fingerprint density at radius 3 is 1.13 bits per heavy atom. The van der Waals surface area contributed by atoms with Crippen LogP contribution in [-0.2, 0) is 75.3 Å². The molecule has 0 spiro atoms. The highest BCUT2D eigenvalue weighted by Gasteiger charge is 2.36. The fourth-order valence-corrected chi connectivity index (χ4v) is 12.2. The van der Waals surface area contributed by atoms with Gasteiger partial charge in [-0.2, -0.15) is 0 Å². The maximum atomic E-state index is 12.6. The molecule has 0 aliphatic rings. The molecule has 21 N–H and O–H groups in total. The lowest BCUT2D eigenvalue weighted by Crippen LogP contribution is -2.43. The topological polar surface area (TPSA) is 445 Å². The van der Waals surface area contributed by atoms with Crippen LogP contribution in [0.3, 0.4) is 0 Å². The normalized spacial score (nSPS) is 13.3. The number of nitrogens with two attached hydrogens (primary N) is 6. The molecule has 582 valence electrons. The van der Waals surface area contributed by atoms with Crippen molar-refractivity contribution >= 4 is 107 Å². The number of carboxylic acid groups (broad SMARTS) is 1. The number of rotatable bonds is 30. The van der Waals surface area contributed by atoms with Crippen LogP contribution in [0, 0.1) is 27.1 Å². The van der Waals surface area contributed by atoms with Gasteiger partial charge in [-0.25, -0.2) is 0 Å². The van der Waals surface area contributed by atoms with E-state index in [4.69, 9.17) is 34.4 Å². The number of carboxylic acids is 1. The summed E-state index contributed by atoms with van der Waals surface area (Å²) in [5.41, 5.74) is 41.5. The molecule has 10 rings (SSSR count). The molecule has 10 aromatic rings. The molecule has 0 bridgehead atoms. The van der Waals surface area contributed by atoms with E-state index in [-0.39, 0.29) is 78.4 Å². The van der Waals surface area contributed by atoms with Gasteiger partial charge in [0.25, 0.3) is 0 Å². The quantitative estimate of drug-likeness (QED) is 0.0147. The lowest BCUT2D eigenvalue weighted by molar-refractivity contribution is -0.149. The SMILES string of the molecule is CC(=O)N[C@H](Cc1c[nH]c2ccccc12)C(=O)CC(C)(C)C(=O)O.CC(C)(/C=C/[C@@H](N)Cc1c[nH]c2ccccc12)C(N)=O.CC(C)(C(N)=O)C(=O)CC[C@H](N)Cc1c[nH]c2ccccc12.CNC(=O)C(C)(C)/C=C/[C@@H](N)Cc1c[nH]c2ccccc12.CNC(=O)C(C)(C)CC(=O)[C@H](N)Cc1c[nH]c2ccccc12. The minimum absolute atomic E-state index is 0.0157. The van der Waals surface area contributed by atoms with Gasteiger partial charge in [0.1, 0.15) is 11.2 Å². The number of aromatic nitrogens is 5. The van der Waals surface area contributed by atoms with Gasteiger partial charge in [-0.15, -0.1) is 0 Å². The molecule has 0 radical (unpaired) electrons. The summed E-state index contributed by atoms with van der Waals surface area (Å²) in [7, 11) is 3.21. The van der Waals surface area contributed by atoms with E-state index < -0.39 is 51.0 Å². The molecule has 0 aliphatic carbocycles. The van der Waals surface area contributed by atoms with Gasteiger partial charge in [0.05, 0.1) is 33.7 Å². The van der Waals surface area contributed by atoms with E-state index in [1.807, 2.05) is 160 Å². The molecule has 0 saturated heterocycles. The van der Waals surface area contributed by atoms with Gasteiger partial charge in [0, 0.05) is 150 Å². The number of hydrogen-bond acceptors (Lipinski definition) is 13. The molecule has 0 fully saturated rings. The number of aliphatic carboxylic acids is 1. The van der Waals surface area contributed by atoms with E-state index in [1.165, 1.54) is 42.7 Å². The zero-order chi connectivity index (χ0) is 80.8. The van der Waals surface area contributed by atoms with Crippen LogP contribution < -0.4 is 50.4 Å². The number of H-pyrrole nitrogens is 5. The minimum Gasteiger partial charge on any atom is -0.481 e. The molecule has 5 aromatic heterocycles. The molecular weight excluding hydrogens is 1380 g/mol. The van der Waals surface area contributed by atoms with Crippen molar-refractivity contribution in [1.29, 1.82) is 0 Å². The summed E-state index contributed by atoms with van der Waals surface area (Å²) >= 11 is 0. The zero-order valence-electron chi connectivity index (χ0n) is 65.1. The lowest BCUT2D eigenvalue weighted by Gasteiger charge is -2.23. The molecule has 24 heteroatoms. The summed E-state index contributed by atoms with van der Waals surface area (Å²) in [4.78, 5) is 122. The number of carbonyl (C=O) groups excluding carboxylic acids is 8. The van der Waals surface area contributed by atoms with E-state index in [1.54, 1.807) is 61.7 Å². The first-order valence-electron chi connectivity index (χ1n) is 36.5.